The van der Waals surface area contributed by atoms with Crippen LogP contribution in [-0.4, -0.2) is 82.5 Å². The third kappa shape index (κ3) is 5.24. The highest BCUT2D eigenvalue weighted by Gasteiger charge is 2.46. The molecule has 5 heterocycles. The van der Waals surface area contributed by atoms with Crippen LogP contribution in [0.25, 0.3) is 32.9 Å². The molecule has 2 bridgehead atoms. The van der Waals surface area contributed by atoms with E-state index in [-0.39, 0.29) is 22.6 Å². The normalized spacial score (nSPS) is 25.0. The first-order valence-electron chi connectivity index (χ1n) is 17.0. The van der Waals surface area contributed by atoms with Gasteiger partial charge in [-0.25, -0.2) is 8.78 Å². The molecule has 3 saturated heterocycles. The van der Waals surface area contributed by atoms with Gasteiger partial charge in [0.15, 0.2) is 5.82 Å². The Morgan fingerprint density at radius 3 is 2.53 bits per heavy atom. The monoisotopic (exact) mass is 636 g/mol. The van der Waals surface area contributed by atoms with Crippen molar-refractivity contribution in [2.75, 3.05) is 44.2 Å². The predicted octanol–water partition coefficient (Wildman–Crippen LogP) is 5.69. The van der Waals surface area contributed by atoms with E-state index >= 15 is 4.39 Å². The number of pyridine rings is 1. The van der Waals surface area contributed by atoms with Crippen molar-refractivity contribution in [1.82, 2.24) is 25.2 Å². The van der Waals surface area contributed by atoms with Crippen molar-refractivity contribution in [1.29, 1.82) is 0 Å². The van der Waals surface area contributed by atoms with Gasteiger partial charge in [-0.3, -0.25) is 9.88 Å². The molecule has 2 unspecified atom stereocenters. The summed E-state index contributed by atoms with van der Waals surface area (Å²) in [6.07, 6.45) is 13.9. The van der Waals surface area contributed by atoms with E-state index in [1.165, 1.54) is 6.07 Å². The average molecular weight is 637 g/mol. The molecule has 47 heavy (non-hydrogen) atoms. The number of fused-ring (bicyclic) bond motifs is 4. The molecule has 242 valence electrons. The average Bonchev–Trinajstić information content (AvgIpc) is 3.99. The van der Waals surface area contributed by atoms with E-state index in [2.05, 4.69) is 21.0 Å². The molecule has 3 aliphatic heterocycles. The molecule has 3 atom stereocenters. The van der Waals surface area contributed by atoms with Gasteiger partial charge in [0.25, 0.3) is 0 Å². The van der Waals surface area contributed by atoms with Crippen LogP contribution in [0.1, 0.15) is 62.0 Å². The molecular formula is C37H38F2N6O2. The maximum Gasteiger partial charge on any atom is 0.319 e. The lowest BCUT2D eigenvalue weighted by Gasteiger charge is -2.34. The van der Waals surface area contributed by atoms with E-state index in [4.69, 9.17) is 26.1 Å². The third-order valence-corrected chi connectivity index (χ3v) is 10.9. The third-order valence-electron chi connectivity index (χ3n) is 10.9. The second-order valence-corrected chi connectivity index (χ2v) is 14.5. The van der Waals surface area contributed by atoms with E-state index < -0.39 is 12.0 Å². The van der Waals surface area contributed by atoms with Crippen LogP contribution < -0.4 is 15.0 Å². The number of aromatic hydroxyl groups is 1. The molecule has 5 fully saturated rings. The number of alkyl halides is 1. The summed E-state index contributed by atoms with van der Waals surface area (Å²) in [7, 11) is 0. The molecule has 4 aromatic rings. The quantitative estimate of drug-likeness (QED) is 0.239. The summed E-state index contributed by atoms with van der Waals surface area (Å²) < 4.78 is 35.5. The van der Waals surface area contributed by atoms with Crippen molar-refractivity contribution < 1.29 is 18.6 Å². The second kappa shape index (κ2) is 11.0. The molecule has 9 rings (SSSR count). The van der Waals surface area contributed by atoms with Gasteiger partial charge in [-0.2, -0.15) is 9.97 Å². The number of terminal acetylenes is 1. The van der Waals surface area contributed by atoms with Gasteiger partial charge in [-0.1, -0.05) is 12.0 Å². The zero-order valence-corrected chi connectivity index (χ0v) is 26.3. The van der Waals surface area contributed by atoms with Crippen molar-refractivity contribution in [3.8, 4) is 35.2 Å². The highest BCUT2D eigenvalue weighted by molar-refractivity contribution is 6.04. The Kier molecular flexibility index (Phi) is 6.81. The fourth-order valence-electron chi connectivity index (χ4n) is 8.23. The number of aromatic nitrogens is 3. The Morgan fingerprint density at radius 2 is 1.83 bits per heavy atom. The number of hydrogen-bond donors (Lipinski definition) is 2. The van der Waals surface area contributed by atoms with Crippen molar-refractivity contribution in [3.63, 3.8) is 0 Å². The number of phenolic OH excluding ortho intramolecular Hbond substituents is 1. The molecular weight excluding hydrogens is 598 g/mol. The van der Waals surface area contributed by atoms with Crippen molar-refractivity contribution in [2.24, 2.45) is 5.41 Å². The molecule has 2 saturated carbocycles. The van der Waals surface area contributed by atoms with Gasteiger partial charge in [0.05, 0.1) is 12.2 Å². The van der Waals surface area contributed by atoms with Crippen LogP contribution in [-0.2, 0) is 0 Å². The minimum Gasteiger partial charge on any atom is -0.508 e. The summed E-state index contributed by atoms with van der Waals surface area (Å²) in [5, 5.41) is 15.7. The molecule has 5 aliphatic rings. The number of hydrogen-bond acceptors (Lipinski definition) is 8. The highest BCUT2D eigenvalue weighted by Crippen LogP contribution is 2.50. The topological polar surface area (TPSA) is 86.6 Å². The Balaban J connectivity index is 1.18. The summed E-state index contributed by atoms with van der Waals surface area (Å²) in [5.74, 6) is 3.14. The minimum atomic E-state index is -0.744. The fourth-order valence-corrected chi connectivity index (χ4v) is 8.23. The summed E-state index contributed by atoms with van der Waals surface area (Å²) in [4.78, 5) is 19.7. The lowest BCUT2D eigenvalue weighted by Crippen LogP contribution is -2.51. The van der Waals surface area contributed by atoms with Gasteiger partial charge in [-0.05, 0) is 85.6 Å². The van der Waals surface area contributed by atoms with Crippen molar-refractivity contribution in [3.05, 3.63) is 47.4 Å². The fraction of sp³-hybridized carbons (Fsp3) is 0.486. The van der Waals surface area contributed by atoms with E-state index in [0.717, 1.165) is 92.7 Å². The van der Waals surface area contributed by atoms with E-state index in [1.807, 2.05) is 6.20 Å². The molecule has 10 heteroatoms. The highest BCUT2D eigenvalue weighted by atomic mass is 19.1. The number of rotatable bonds is 8. The first-order chi connectivity index (χ1) is 22.9. The summed E-state index contributed by atoms with van der Waals surface area (Å²) in [6, 6.07) is 7.38. The molecule has 0 radical (unpaired) electrons. The zero-order chi connectivity index (χ0) is 31.9. The number of nitrogens with one attached hydrogen (secondary N) is 1. The number of benzene rings is 2. The van der Waals surface area contributed by atoms with Gasteiger partial charge >= 0.3 is 6.01 Å². The van der Waals surface area contributed by atoms with Crippen LogP contribution in [0.5, 0.6) is 11.8 Å². The number of likely N-dealkylation sites (tertiary alicyclic amines) is 1. The van der Waals surface area contributed by atoms with Crippen LogP contribution in [0.15, 0.2) is 30.5 Å². The van der Waals surface area contributed by atoms with Crippen LogP contribution >= 0.6 is 0 Å². The van der Waals surface area contributed by atoms with Gasteiger partial charge in [-0.15, -0.1) is 6.42 Å². The molecule has 2 aliphatic carbocycles. The van der Waals surface area contributed by atoms with Gasteiger partial charge in [0.1, 0.15) is 28.8 Å². The van der Waals surface area contributed by atoms with E-state index in [9.17, 15) is 9.50 Å². The largest absolute Gasteiger partial charge is 0.508 e. The summed E-state index contributed by atoms with van der Waals surface area (Å²) >= 11 is 0. The van der Waals surface area contributed by atoms with Crippen LogP contribution in [0.2, 0.25) is 0 Å². The van der Waals surface area contributed by atoms with Gasteiger partial charge in [0, 0.05) is 67.4 Å². The van der Waals surface area contributed by atoms with Crippen molar-refractivity contribution in [2.45, 2.75) is 69.1 Å². The van der Waals surface area contributed by atoms with Crippen molar-refractivity contribution >= 4 is 27.6 Å². The summed E-state index contributed by atoms with van der Waals surface area (Å²) in [6.45, 7) is 4.25. The van der Waals surface area contributed by atoms with Crippen LogP contribution in [0, 0.1) is 23.6 Å². The number of piperazine rings is 1. The molecule has 0 amide bonds. The summed E-state index contributed by atoms with van der Waals surface area (Å²) in [5.41, 5.74) is 4.04. The van der Waals surface area contributed by atoms with Crippen LogP contribution in [0.4, 0.5) is 14.6 Å². The Hall–Kier alpha value is -4.07. The SMILES string of the molecule is C#Cc1c(F)ccc2cc(O)cc(-c3cnc4c(N5CC6CCC(C5)N6)nc(OCC5(CN6CC[C@@H](F)C6)CC5)nc4c3C3CC3)c12. The van der Waals surface area contributed by atoms with Gasteiger partial charge < -0.3 is 20.1 Å². The lowest BCUT2D eigenvalue weighted by atomic mass is 9.90. The maximum absolute atomic E-state index is 15.1. The molecule has 2 aromatic carbocycles. The van der Waals surface area contributed by atoms with E-state index in [0.29, 0.717) is 54.0 Å². The number of phenols is 1. The molecule has 0 spiro atoms. The zero-order valence-electron chi connectivity index (χ0n) is 26.3. The second-order valence-electron chi connectivity index (χ2n) is 14.5. The number of nitrogens with zero attached hydrogens (tertiary/aromatic N) is 5. The molecule has 2 N–H and O–H groups in total. The Bertz CT molecular complexity index is 1940. The first kappa shape index (κ1) is 29.1. The smallest absolute Gasteiger partial charge is 0.319 e. The minimum absolute atomic E-state index is 0.00765. The van der Waals surface area contributed by atoms with Crippen LogP contribution in [0.3, 0.4) is 0 Å². The van der Waals surface area contributed by atoms with Gasteiger partial charge in [0.2, 0.25) is 0 Å². The number of halogens is 2. The maximum atomic E-state index is 15.1. The number of anilines is 1. The standard InChI is InChI=1S/C37H38F2N6O2/c1-2-27-30(39)8-5-22-13-26(46)14-28(31(22)27)29-15-40-34-33(32(29)21-3-4-21)42-36(43-35(34)45-17-24-6-7-25(18-45)41-24)47-20-37(10-11-37)19-44-12-9-23(38)16-44/h1,5,8,13-15,21,23-25,41,46H,3-4,6-7,9-12,16-20H2/t23-,24?,25?/m1/s1. The lowest BCUT2D eigenvalue weighted by molar-refractivity contribution is 0.165. The first-order valence-corrected chi connectivity index (χ1v) is 17.0. The Labute approximate surface area is 272 Å². The Morgan fingerprint density at radius 1 is 1.02 bits per heavy atom. The number of ether oxygens (including phenoxy) is 1. The molecule has 8 nitrogen and oxygen atoms in total. The molecule has 2 aromatic heterocycles. The van der Waals surface area contributed by atoms with E-state index in [1.54, 1.807) is 18.2 Å². The predicted molar refractivity (Wildman–Crippen MR) is 177 cm³/mol.